The first-order chi connectivity index (χ1) is 15.9. The Balaban J connectivity index is 1.36. The Hall–Kier alpha value is -3.38. The van der Waals surface area contributed by atoms with E-state index in [1.807, 2.05) is 37.3 Å². The minimum atomic E-state index is -0.0939. The molecule has 2 heterocycles. The van der Waals surface area contributed by atoms with Crippen molar-refractivity contribution in [3.63, 3.8) is 0 Å². The Labute approximate surface area is 199 Å². The first-order valence-corrected chi connectivity index (χ1v) is 11.4. The zero-order chi connectivity index (χ0) is 23.4. The number of carbonyl (C=O) groups excluding carboxylic acids is 2. The van der Waals surface area contributed by atoms with Gasteiger partial charge in [-0.25, -0.2) is 4.68 Å². The molecule has 1 aliphatic heterocycles. The van der Waals surface area contributed by atoms with Crippen LogP contribution in [-0.2, 0) is 11.3 Å². The average molecular weight is 463 g/mol. The number of rotatable bonds is 5. The number of piperazine rings is 1. The van der Waals surface area contributed by atoms with Crippen LogP contribution in [0.1, 0.15) is 32.7 Å². The summed E-state index contributed by atoms with van der Waals surface area (Å²) in [6, 6.07) is 17.5. The van der Waals surface area contributed by atoms with E-state index in [1.54, 1.807) is 26.6 Å². The average Bonchev–Trinajstić information content (AvgIpc) is 3.11. The second-order valence-corrected chi connectivity index (χ2v) is 8.61. The molecule has 2 amide bonds. The Morgan fingerprint density at radius 1 is 0.939 bits per heavy atom. The summed E-state index contributed by atoms with van der Waals surface area (Å²) in [4.78, 5) is 28.9. The van der Waals surface area contributed by atoms with Crippen molar-refractivity contribution in [3.8, 4) is 0 Å². The molecule has 1 fully saturated rings. The van der Waals surface area contributed by atoms with Crippen LogP contribution in [0, 0.1) is 13.8 Å². The van der Waals surface area contributed by atoms with E-state index in [2.05, 4.69) is 36.3 Å². The van der Waals surface area contributed by atoms with Gasteiger partial charge in [0.2, 0.25) is 5.91 Å². The van der Waals surface area contributed by atoms with E-state index in [9.17, 15) is 9.59 Å². The van der Waals surface area contributed by atoms with E-state index in [-0.39, 0.29) is 11.8 Å². The summed E-state index contributed by atoms with van der Waals surface area (Å²) < 4.78 is 1.75. The third-order valence-corrected chi connectivity index (χ3v) is 6.25. The number of amides is 2. The standard InChI is InChI=1S/C26H27ClN4O2/c1-19-8-10-21(11-9-19)18-31-25(27)23(20(2)28-31)12-13-24(32)29-14-16-30(17-15-29)26(33)22-6-4-3-5-7-22/h3-13H,14-18H2,1-2H3/b13-12+. The molecule has 0 spiro atoms. The number of aromatic nitrogens is 2. The van der Waals surface area contributed by atoms with Gasteiger partial charge in [-0.15, -0.1) is 0 Å². The van der Waals surface area contributed by atoms with E-state index < -0.39 is 0 Å². The Morgan fingerprint density at radius 3 is 2.24 bits per heavy atom. The molecule has 0 unspecified atom stereocenters. The third kappa shape index (κ3) is 5.34. The number of hydrogen-bond donors (Lipinski definition) is 0. The van der Waals surface area contributed by atoms with Crippen LogP contribution in [0.25, 0.3) is 6.08 Å². The Morgan fingerprint density at radius 2 is 1.58 bits per heavy atom. The van der Waals surface area contributed by atoms with E-state index >= 15 is 0 Å². The first-order valence-electron chi connectivity index (χ1n) is 11.0. The van der Waals surface area contributed by atoms with Crippen molar-refractivity contribution in [2.24, 2.45) is 0 Å². The van der Waals surface area contributed by atoms with Crippen LogP contribution in [0.5, 0.6) is 0 Å². The molecule has 7 heteroatoms. The maximum Gasteiger partial charge on any atom is 0.253 e. The highest BCUT2D eigenvalue weighted by atomic mass is 35.5. The normalized spacial score (nSPS) is 14.2. The van der Waals surface area contributed by atoms with E-state index in [4.69, 9.17) is 11.6 Å². The lowest BCUT2D eigenvalue weighted by Crippen LogP contribution is -2.50. The molecule has 3 aromatic rings. The fourth-order valence-corrected chi connectivity index (χ4v) is 4.18. The highest BCUT2D eigenvalue weighted by Crippen LogP contribution is 2.23. The predicted molar refractivity (Wildman–Crippen MR) is 130 cm³/mol. The van der Waals surface area contributed by atoms with Gasteiger partial charge in [0.25, 0.3) is 5.91 Å². The van der Waals surface area contributed by atoms with E-state index in [1.165, 1.54) is 5.56 Å². The minimum absolute atomic E-state index is 0.00152. The highest BCUT2D eigenvalue weighted by Gasteiger charge is 2.24. The van der Waals surface area contributed by atoms with Gasteiger partial charge in [0, 0.05) is 43.4 Å². The zero-order valence-corrected chi connectivity index (χ0v) is 19.6. The van der Waals surface area contributed by atoms with E-state index in [0.29, 0.717) is 43.4 Å². The highest BCUT2D eigenvalue weighted by molar-refractivity contribution is 6.31. The molecule has 1 saturated heterocycles. The van der Waals surface area contributed by atoms with Gasteiger partial charge in [-0.3, -0.25) is 9.59 Å². The molecule has 170 valence electrons. The molecule has 0 N–H and O–H groups in total. The zero-order valence-electron chi connectivity index (χ0n) is 18.9. The van der Waals surface area contributed by atoms with Crippen LogP contribution in [0.3, 0.4) is 0 Å². The van der Waals surface area contributed by atoms with Crippen molar-refractivity contribution in [2.75, 3.05) is 26.2 Å². The minimum Gasteiger partial charge on any atom is -0.336 e. The molecule has 0 bridgehead atoms. The first kappa shape index (κ1) is 22.8. The molecule has 0 atom stereocenters. The van der Waals surface area contributed by atoms with Crippen molar-refractivity contribution in [2.45, 2.75) is 20.4 Å². The van der Waals surface area contributed by atoms with Crippen LogP contribution < -0.4 is 0 Å². The van der Waals surface area contributed by atoms with E-state index in [0.717, 1.165) is 16.8 Å². The molecular weight excluding hydrogens is 436 g/mol. The Kier molecular flexibility index (Phi) is 6.94. The molecule has 4 rings (SSSR count). The SMILES string of the molecule is Cc1ccc(Cn2nc(C)c(/C=C/C(=O)N3CCN(C(=O)c4ccccc4)CC3)c2Cl)cc1. The summed E-state index contributed by atoms with van der Waals surface area (Å²) in [5.41, 5.74) is 4.50. The van der Waals surface area contributed by atoms with Crippen LogP contribution in [-0.4, -0.2) is 57.6 Å². The summed E-state index contributed by atoms with van der Waals surface area (Å²) in [6.45, 7) is 6.54. The van der Waals surface area contributed by atoms with Crippen LogP contribution in [0.15, 0.2) is 60.7 Å². The molecular formula is C26H27ClN4O2. The maximum absolute atomic E-state index is 12.7. The molecule has 2 aromatic carbocycles. The molecule has 6 nitrogen and oxygen atoms in total. The number of aryl methyl sites for hydroxylation is 2. The van der Waals surface area contributed by atoms with Gasteiger partial charge >= 0.3 is 0 Å². The smallest absolute Gasteiger partial charge is 0.253 e. The fourth-order valence-electron chi connectivity index (χ4n) is 3.88. The second kappa shape index (κ2) is 10.0. The van der Waals surface area contributed by atoms with Gasteiger partial charge < -0.3 is 9.80 Å². The van der Waals surface area contributed by atoms with Gasteiger partial charge in [-0.05, 0) is 37.6 Å². The molecule has 0 radical (unpaired) electrons. The molecule has 1 aromatic heterocycles. The van der Waals surface area contributed by atoms with Crippen LogP contribution in [0.4, 0.5) is 0 Å². The van der Waals surface area contributed by atoms with Crippen LogP contribution in [0.2, 0.25) is 5.15 Å². The maximum atomic E-state index is 12.7. The summed E-state index contributed by atoms with van der Waals surface area (Å²) in [5, 5.41) is 5.05. The quantitative estimate of drug-likeness (QED) is 0.534. The molecule has 1 aliphatic rings. The van der Waals surface area contributed by atoms with Gasteiger partial charge in [0.1, 0.15) is 5.15 Å². The van der Waals surface area contributed by atoms with Gasteiger partial charge in [0.15, 0.2) is 0 Å². The summed E-state index contributed by atoms with van der Waals surface area (Å²) in [7, 11) is 0. The lowest BCUT2D eigenvalue weighted by Gasteiger charge is -2.34. The number of hydrogen-bond acceptors (Lipinski definition) is 3. The molecule has 0 saturated carbocycles. The van der Waals surface area contributed by atoms with Crippen LogP contribution >= 0.6 is 11.6 Å². The Bertz CT molecular complexity index is 1160. The van der Waals surface area contributed by atoms with Gasteiger partial charge in [-0.1, -0.05) is 59.6 Å². The van der Waals surface area contributed by atoms with Crippen molar-refractivity contribution in [1.82, 2.24) is 19.6 Å². The number of halogens is 1. The topological polar surface area (TPSA) is 58.4 Å². The van der Waals surface area contributed by atoms with Crippen molar-refractivity contribution < 1.29 is 9.59 Å². The lowest BCUT2D eigenvalue weighted by molar-refractivity contribution is -0.127. The van der Waals surface area contributed by atoms with Crippen molar-refractivity contribution >= 4 is 29.5 Å². The van der Waals surface area contributed by atoms with Crippen molar-refractivity contribution in [1.29, 1.82) is 0 Å². The largest absolute Gasteiger partial charge is 0.336 e. The third-order valence-electron chi connectivity index (χ3n) is 5.85. The lowest BCUT2D eigenvalue weighted by atomic mass is 10.1. The van der Waals surface area contributed by atoms with Crippen molar-refractivity contribution in [3.05, 3.63) is 93.8 Å². The number of carbonyl (C=O) groups is 2. The molecule has 33 heavy (non-hydrogen) atoms. The second-order valence-electron chi connectivity index (χ2n) is 8.25. The predicted octanol–water partition coefficient (Wildman–Crippen LogP) is 4.20. The fraction of sp³-hybridized carbons (Fsp3) is 0.269. The monoisotopic (exact) mass is 462 g/mol. The summed E-state index contributed by atoms with van der Waals surface area (Å²) in [6.07, 6.45) is 3.28. The number of benzene rings is 2. The summed E-state index contributed by atoms with van der Waals surface area (Å²) in [5.74, 6) is -0.0924. The number of nitrogens with zero attached hydrogens (tertiary/aromatic N) is 4. The summed E-state index contributed by atoms with van der Waals surface area (Å²) >= 11 is 6.57. The van der Waals surface area contributed by atoms with Gasteiger partial charge in [0.05, 0.1) is 12.2 Å². The molecule has 0 aliphatic carbocycles. The van der Waals surface area contributed by atoms with Gasteiger partial charge in [-0.2, -0.15) is 5.10 Å².